The summed E-state index contributed by atoms with van der Waals surface area (Å²) in [6, 6.07) is 15.3. The maximum Gasteiger partial charge on any atom is 0.341 e. The van der Waals surface area contributed by atoms with Gasteiger partial charge in [0.25, 0.3) is 0 Å². The molecule has 0 aromatic heterocycles. The van der Waals surface area contributed by atoms with Gasteiger partial charge in [0.05, 0.1) is 19.8 Å². The Balaban J connectivity index is 1.89. The number of hydrogen-bond donors (Lipinski definition) is 1. The van der Waals surface area contributed by atoms with E-state index < -0.39 is 65.2 Å². The predicted molar refractivity (Wildman–Crippen MR) is 160 cm³/mol. The van der Waals surface area contributed by atoms with Crippen LogP contribution in [0.1, 0.15) is 51.2 Å². The van der Waals surface area contributed by atoms with E-state index in [0.29, 0.717) is 12.8 Å². The summed E-state index contributed by atoms with van der Waals surface area (Å²) in [6.45, 7) is 4.39. The van der Waals surface area contributed by atoms with Crippen molar-refractivity contribution in [2.24, 2.45) is 5.73 Å². The molecule has 4 rings (SSSR count). The van der Waals surface area contributed by atoms with E-state index in [1.54, 1.807) is 56.3 Å². The lowest BCUT2D eigenvalue weighted by molar-refractivity contribution is -0.144. The summed E-state index contributed by atoms with van der Waals surface area (Å²) in [5, 5.41) is 0. The molecular formula is C33H36N2O10. The summed E-state index contributed by atoms with van der Waals surface area (Å²) in [7, 11) is 0. The second kappa shape index (κ2) is 14.6. The van der Waals surface area contributed by atoms with E-state index in [-0.39, 0.29) is 43.4 Å². The molecule has 2 aromatic carbocycles. The molecule has 2 aliphatic rings. The van der Waals surface area contributed by atoms with Gasteiger partial charge in [0, 0.05) is 11.3 Å². The van der Waals surface area contributed by atoms with Crippen molar-refractivity contribution in [2.75, 3.05) is 31.3 Å². The van der Waals surface area contributed by atoms with E-state index in [4.69, 9.17) is 29.4 Å². The van der Waals surface area contributed by atoms with Crippen molar-refractivity contribution in [3.63, 3.8) is 0 Å². The number of unbranched alkanes of at least 4 members (excludes halogenated alkanes) is 1. The van der Waals surface area contributed by atoms with Crippen molar-refractivity contribution in [3.05, 3.63) is 88.5 Å². The van der Waals surface area contributed by atoms with Crippen molar-refractivity contribution in [2.45, 2.75) is 52.1 Å². The molecule has 2 heterocycles. The average Bonchev–Trinajstić information content (AvgIpc) is 3.24. The molecule has 1 unspecified atom stereocenters. The lowest BCUT2D eigenvalue weighted by atomic mass is 9.67. The van der Waals surface area contributed by atoms with Gasteiger partial charge < -0.3 is 29.4 Å². The van der Waals surface area contributed by atoms with Gasteiger partial charge in [-0.2, -0.15) is 0 Å². The molecule has 2 aliphatic heterocycles. The topological polar surface area (TPSA) is 161 Å². The number of esters is 4. The van der Waals surface area contributed by atoms with Gasteiger partial charge in [-0.15, -0.1) is 0 Å². The Morgan fingerprint density at radius 2 is 1.49 bits per heavy atom. The number of carbonyl (C=O) groups excluding carboxylic acids is 5. The van der Waals surface area contributed by atoms with Crippen LogP contribution in [-0.4, -0.2) is 56.1 Å². The molecule has 12 nitrogen and oxygen atoms in total. The van der Waals surface area contributed by atoms with Crippen LogP contribution in [0.25, 0.3) is 0 Å². The highest BCUT2D eigenvalue weighted by Crippen LogP contribution is 2.55. The Morgan fingerprint density at radius 3 is 2.18 bits per heavy atom. The number of benzene rings is 2. The van der Waals surface area contributed by atoms with Crippen LogP contribution in [0.2, 0.25) is 0 Å². The van der Waals surface area contributed by atoms with Crippen molar-refractivity contribution < 1.29 is 47.7 Å². The van der Waals surface area contributed by atoms with Gasteiger partial charge in [-0.1, -0.05) is 61.9 Å². The highest BCUT2D eigenvalue weighted by molar-refractivity contribution is 6.23. The first-order valence-electron chi connectivity index (χ1n) is 14.7. The van der Waals surface area contributed by atoms with Gasteiger partial charge in [-0.25, -0.2) is 9.59 Å². The van der Waals surface area contributed by atoms with Crippen molar-refractivity contribution >= 4 is 35.5 Å². The molecular weight excluding hydrogens is 584 g/mol. The van der Waals surface area contributed by atoms with Crippen LogP contribution in [0.4, 0.5) is 5.69 Å². The molecule has 2 N–H and O–H groups in total. The van der Waals surface area contributed by atoms with Crippen LogP contribution in [0.15, 0.2) is 77.4 Å². The molecule has 238 valence electrons. The van der Waals surface area contributed by atoms with Gasteiger partial charge in [0.15, 0.2) is 0 Å². The van der Waals surface area contributed by atoms with Crippen molar-refractivity contribution in [1.29, 1.82) is 0 Å². The molecule has 0 saturated carbocycles. The Labute approximate surface area is 260 Å². The summed E-state index contributed by atoms with van der Waals surface area (Å²) in [5.74, 6) is -5.30. The zero-order chi connectivity index (χ0) is 32.6. The van der Waals surface area contributed by atoms with Gasteiger partial charge in [-0.05, 0) is 31.9 Å². The number of anilines is 1. The maximum atomic E-state index is 14.8. The second-order valence-electron chi connectivity index (χ2n) is 10.1. The number of nitrogens with two attached hydrogens (primary N) is 1. The average molecular weight is 621 g/mol. The zero-order valence-corrected chi connectivity index (χ0v) is 25.5. The molecule has 0 aliphatic carbocycles. The fourth-order valence-electron chi connectivity index (χ4n) is 5.33. The molecule has 1 amide bonds. The third kappa shape index (κ3) is 6.54. The fourth-order valence-corrected chi connectivity index (χ4v) is 5.33. The predicted octanol–water partition coefficient (Wildman–Crippen LogP) is 3.33. The Hall–Kier alpha value is -5.13. The molecule has 1 spiro atoms. The molecule has 0 fully saturated rings. The van der Waals surface area contributed by atoms with Crippen molar-refractivity contribution in [3.8, 4) is 0 Å². The Kier molecular flexibility index (Phi) is 10.6. The maximum absolute atomic E-state index is 14.8. The summed E-state index contributed by atoms with van der Waals surface area (Å²) in [4.78, 5) is 69.3. The van der Waals surface area contributed by atoms with Gasteiger partial charge >= 0.3 is 23.9 Å². The summed E-state index contributed by atoms with van der Waals surface area (Å²) < 4.78 is 27.2. The third-order valence-corrected chi connectivity index (χ3v) is 7.23. The van der Waals surface area contributed by atoms with E-state index >= 15 is 0 Å². The van der Waals surface area contributed by atoms with E-state index in [1.807, 2.05) is 13.0 Å². The van der Waals surface area contributed by atoms with E-state index in [0.717, 1.165) is 10.5 Å². The van der Waals surface area contributed by atoms with Crippen LogP contribution in [0, 0.1) is 0 Å². The minimum absolute atomic E-state index is 0.00168. The van der Waals surface area contributed by atoms with Crippen LogP contribution in [0.5, 0.6) is 0 Å². The minimum atomic E-state index is -2.28. The van der Waals surface area contributed by atoms with Crippen molar-refractivity contribution in [1.82, 2.24) is 0 Å². The smallest absolute Gasteiger partial charge is 0.341 e. The van der Waals surface area contributed by atoms with Crippen LogP contribution in [-0.2, 0) is 59.7 Å². The summed E-state index contributed by atoms with van der Waals surface area (Å²) in [6.07, 6.45) is 0.629. The van der Waals surface area contributed by atoms with Gasteiger partial charge in [0.2, 0.25) is 11.8 Å². The number of nitrogens with zero attached hydrogens (tertiary/aromatic N) is 1. The number of fused-ring (bicyclic) bond motifs is 2. The normalized spacial score (nSPS) is 17.1. The summed E-state index contributed by atoms with van der Waals surface area (Å²) in [5.41, 5.74) is 4.26. The fraction of sp³-hybridized carbons (Fsp3) is 0.364. The van der Waals surface area contributed by atoms with E-state index in [2.05, 4.69) is 0 Å². The number of ether oxygens (including phenoxy) is 5. The zero-order valence-electron chi connectivity index (χ0n) is 25.5. The van der Waals surface area contributed by atoms with E-state index in [1.165, 1.54) is 6.07 Å². The lowest BCUT2D eigenvalue weighted by Crippen LogP contribution is -2.52. The van der Waals surface area contributed by atoms with Gasteiger partial charge in [0.1, 0.15) is 41.9 Å². The highest BCUT2D eigenvalue weighted by Gasteiger charge is 2.64. The van der Waals surface area contributed by atoms with Crippen LogP contribution >= 0.6 is 0 Å². The summed E-state index contributed by atoms with van der Waals surface area (Å²) >= 11 is 0. The Morgan fingerprint density at radius 1 is 0.822 bits per heavy atom. The second-order valence-corrected chi connectivity index (χ2v) is 10.1. The number of carbonyl (C=O) groups is 5. The van der Waals surface area contributed by atoms with Crippen LogP contribution in [0.3, 0.4) is 0 Å². The monoisotopic (exact) mass is 620 g/mol. The first kappa shape index (κ1) is 32.8. The largest absolute Gasteiger partial charge is 0.466 e. The molecule has 0 radical (unpaired) electrons. The van der Waals surface area contributed by atoms with E-state index in [9.17, 15) is 24.0 Å². The Bertz CT molecular complexity index is 1530. The molecule has 0 saturated heterocycles. The molecule has 2 aromatic rings. The minimum Gasteiger partial charge on any atom is -0.466 e. The van der Waals surface area contributed by atoms with Gasteiger partial charge in [-0.3, -0.25) is 19.3 Å². The number of rotatable bonds is 13. The SMILES string of the molecule is CCCCOC(=O)C1=C(N)OC(CC(=O)OCC)=C(C(=O)OCC)C12C(=O)N(CC(=O)OCc1ccccc1)c1ccccc12. The highest BCUT2D eigenvalue weighted by atomic mass is 16.6. The first-order chi connectivity index (χ1) is 21.7. The number of amides is 1. The standard InChI is InChI=1S/C33H36N2O10/c1-4-7-17-43-31(39)28-29(34)45-24(18-25(36)41-5-2)27(30(38)42-6-3)33(28)22-15-11-12-16-23(22)35(32(33)40)19-26(37)44-20-21-13-9-8-10-14-21/h8-16H,4-7,17-20,34H2,1-3H3. The number of para-hydroxylation sites is 1. The van der Waals surface area contributed by atoms with Crippen LogP contribution < -0.4 is 10.6 Å². The third-order valence-electron chi connectivity index (χ3n) is 7.23. The molecule has 45 heavy (non-hydrogen) atoms. The molecule has 12 heteroatoms. The molecule has 1 atom stereocenters. The first-order valence-corrected chi connectivity index (χ1v) is 14.7. The quantitative estimate of drug-likeness (QED) is 0.199. The number of hydrogen-bond acceptors (Lipinski definition) is 11. The lowest BCUT2D eigenvalue weighted by Gasteiger charge is -2.36. The molecule has 0 bridgehead atoms.